The van der Waals surface area contributed by atoms with Crippen molar-refractivity contribution in [1.82, 2.24) is 5.32 Å². The molecule has 0 aliphatic rings. The predicted octanol–water partition coefficient (Wildman–Crippen LogP) is 1.77. The van der Waals surface area contributed by atoms with Crippen molar-refractivity contribution in [2.45, 2.75) is 38.7 Å². The molecule has 12 heavy (non-hydrogen) atoms. The van der Waals surface area contributed by atoms with Gasteiger partial charge in [-0.15, -0.1) is 9.24 Å². The van der Waals surface area contributed by atoms with Crippen LogP contribution in [0.2, 0.25) is 0 Å². The van der Waals surface area contributed by atoms with Crippen LogP contribution in [-0.2, 0) is 0 Å². The number of hydrogen-bond donors (Lipinski definition) is 1. The fourth-order valence-corrected chi connectivity index (χ4v) is 0.981. The quantitative estimate of drug-likeness (QED) is 0.377. The summed E-state index contributed by atoms with van der Waals surface area (Å²) in [6.45, 7) is 8.54. The van der Waals surface area contributed by atoms with E-state index in [-0.39, 0.29) is 5.06 Å². The van der Waals surface area contributed by atoms with Crippen molar-refractivity contribution in [2.24, 2.45) is 5.92 Å². The molecule has 3 heteroatoms. The largest absolute Gasteiger partial charge is 0.317 e. The zero-order valence-electron chi connectivity index (χ0n) is 8.56. The van der Waals surface area contributed by atoms with Crippen LogP contribution in [0.5, 0.6) is 0 Å². The van der Waals surface area contributed by atoms with Gasteiger partial charge in [0.05, 0.1) is 7.85 Å². The van der Waals surface area contributed by atoms with Crippen molar-refractivity contribution >= 4 is 17.1 Å². The van der Waals surface area contributed by atoms with E-state index in [1.54, 1.807) is 0 Å². The van der Waals surface area contributed by atoms with Crippen LogP contribution in [0.15, 0.2) is 0 Å². The molecule has 0 aromatic carbocycles. The summed E-state index contributed by atoms with van der Waals surface area (Å²) in [4.78, 5) is 0. The van der Waals surface area contributed by atoms with Gasteiger partial charge in [0.1, 0.15) is 0 Å². The number of nitrogens with one attached hydrogen (secondary N) is 1. The normalized spacial score (nSPS) is 16.4. The highest BCUT2D eigenvalue weighted by molar-refractivity contribution is 7.22. The molecule has 2 unspecified atom stereocenters. The van der Waals surface area contributed by atoms with Gasteiger partial charge in [-0.3, -0.25) is 0 Å². The van der Waals surface area contributed by atoms with Crippen LogP contribution in [0.1, 0.15) is 33.6 Å². The third kappa shape index (κ3) is 7.12. The minimum absolute atomic E-state index is 0.114. The van der Waals surface area contributed by atoms with E-state index in [2.05, 4.69) is 35.3 Å². The topological polar surface area (TPSA) is 12.0 Å². The summed E-state index contributed by atoms with van der Waals surface area (Å²) < 4.78 is 0. The molecule has 0 rings (SSSR count). The molecule has 0 saturated heterocycles. The summed E-state index contributed by atoms with van der Waals surface area (Å²) in [6, 6.07) is 0. The number of hydrogen-bond acceptors (Lipinski definition) is 1. The van der Waals surface area contributed by atoms with Crippen molar-refractivity contribution in [3.05, 3.63) is 0 Å². The fourth-order valence-electron chi connectivity index (χ4n) is 0.837. The van der Waals surface area contributed by atoms with Crippen molar-refractivity contribution in [3.8, 4) is 0 Å². The smallest absolute Gasteiger partial charge is 0.0820 e. The highest BCUT2D eigenvalue weighted by Gasteiger charge is 2.13. The summed E-state index contributed by atoms with van der Waals surface area (Å²) in [7, 11) is 8.64. The average molecular weight is 185 g/mol. The monoisotopic (exact) mass is 185 g/mol. The van der Waals surface area contributed by atoms with Gasteiger partial charge in [0.15, 0.2) is 0 Å². The van der Waals surface area contributed by atoms with Gasteiger partial charge in [0.25, 0.3) is 0 Å². The van der Waals surface area contributed by atoms with E-state index >= 15 is 0 Å². The minimum Gasteiger partial charge on any atom is -0.317 e. The molecule has 0 spiro atoms. The Bertz CT molecular complexity index is 115. The molecule has 0 amide bonds. The minimum atomic E-state index is -0.114. The summed E-state index contributed by atoms with van der Waals surface area (Å²) >= 11 is 0. The van der Waals surface area contributed by atoms with Crippen LogP contribution in [0.25, 0.3) is 0 Å². The molecule has 0 aliphatic carbocycles. The number of rotatable bonds is 6. The van der Waals surface area contributed by atoms with E-state index in [9.17, 15) is 0 Å². The second kappa shape index (κ2) is 5.99. The third-order valence-corrected chi connectivity index (χ3v) is 2.62. The molecule has 0 saturated carbocycles. The van der Waals surface area contributed by atoms with Crippen LogP contribution >= 0.6 is 9.24 Å². The Morgan fingerprint density at radius 1 is 1.50 bits per heavy atom. The molecule has 0 aromatic heterocycles. The maximum absolute atomic E-state index is 5.93. The van der Waals surface area contributed by atoms with Gasteiger partial charge in [-0.05, 0) is 30.5 Å². The second-order valence-corrected chi connectivity index (χ2v) is 5.10. The van der Waals surface area contributed by atoms with Crippen molar-refractivity contribution < 1.29 is 0 Å². The average Bonchev–Trinajstić information content (AvgIpc) is 1.98. The lowest BCUT2D eigenvalue weighted by Gasteiger charge is -2.23. The summed E-state index contributed by atoms with van der Waals surface area (Å²) in [5, 5.41) is 3.25. The molecule has 0 bridgehead atoms. The first-order chi connectivity index (χ1) is 5.48. The first-order valence-electron chi connectivity index (χ1n) is 4.76. The van der Waals surface area contributed by atoms with E-state index < -0.39 is 0 Å². The van der Waals surface area contributed by atoms with Crippen LogP contribution < -0.4 is 5.32 Å². The van der Waals surface area contributed by atoms with Gasteiger partial charge in [0, 0.05) is 0 Å². The zero-order valence-corrected chi connectivity index (χ0v) is 9.72. The zero-order chi connectivity index (χ0) is 9.61. The molecule has 0 heterocycles. The lowest BCUT2D eigenvalue weighted by molar-refractivity contribution is 0.524. The molecule has 0 fully saturated rings. The molecule has 70 valence electrons. The van der Waals surface area contributed by atoms with E-state index in [0.29, 0.717) is 0 Å². The highest BCUT2D eigenvalue weighted by Crippen LogP contribution is 2.16. The lowest BCUT2D eigenvalue weighted by atomic mass is 9.83. The van der Waals surface area contributed by atoms with Gasteiger partial charge in [-0.2, -0.15) is 0 Å². The van der Waals surface area contributed by atoms with Crippen molar-refractivity contribution in [2.75, 3.05) is 13.1 Å². The standard InChI is InChI=1S/C9H21BNP/c1-4-9(10,12)7-11-6-5-8(2)3/h8,11H,4-7,12H2,1-3H3. The van der Waals surface area contributed by atoms with Crippen LogP contribution in [0.3, 0.4) is 0 Å². The van der Waals surface area contributed by atoms with Crippen molar-refractivity contribution in [1.29, 1.82) is 0 Å². The molecule has 1 nitrogen and oxygen atoms in total. The molecular formula is C9H21BNP. The van der Waals surface area contributed by atoms with Crippen LogP contribution in [-0.4, -0.2) is 26.0 Å². The molecule has 1 N–H and O–H groups in total. The third-order valence-electron chi connectivity index (χ3n) is 2.01. The lowest BCUT2D eigenvalue weighted by Crippen LogP contribution is -2.35. The molecule has 2 atom stereocenters. The Hall–Kier alpha value is 0.455. The second-order valence-electron chi connectivity index (χ2n) is 3.95. The summed E-state index contributed by atoms with van der Waals surface area (Å²) in [6.07, 6.45) is 2.22. The van der Waals surface area contributed by atoms with Gasteiger partial charge in [0.2, 0.25) is 0 Å². The maximum Gasteiger partial charge on any atom is 0.0820 e. The molecular weight excluding hydrogens is 164 g/mol. The van der Waals surface area contributed by atoms with Crippen LogP contribution in [0, 0.1) is 5.92 Å². The maximum atomic E-state index is 5.93. The predicted molar refractivity (Wildman–Crippen MR) is 60.8 cm³/mol. The van der Waals surface area contributed by atoms with E-state index in [1.165, 1.54) is 6.42 Å². The van der Waals surface area contributed by atoms with Gasteiger partial charge in [-0.1, -0.05) is 27.2 Å². The van der Waals surface area contributed by atoms with E-state index in [4.69, 9.17) is 7.85 Å². The first-order valence-corrected chi connectivity index (χ1v) is 5.34. The molecule has 2 radical (unpaired) electrons. The van der Waals surface area contributed by atoms with Gasteiger partial charge < -0.3 is 5.32 Å². The summed E-state index contributed by atoms with van der Waals surface area (Å²) in [5.41, 5.74) is 0. The molecule has 0 aromatic rings. The fraction of sp³-hybridized carbons (Fsp3) is 1.00. The Morgan fingerprint density at radius 3 is 2.50 bits per heavy atom. The highest BCUT2D eigenvalue weighted by atomic mass is 31.0. The van der Waals surface area contributed by atoms with Gasteiger partial charge in [-0.25, -0.2) is 0 Å². The Balaban J connectivity index is 3.31. The van der Waals surface area contributed by atoms with Crippen molar-refractivity contribution in [3.63, 3.8) is 0 Å². The van der Waals surface area contributed by atoms with Gasteiger partial charge >= 0.3 is 0 Å². The molecule has 0 aliphatic heterocycles. The SMILES string of the molecule is [B]C(P)(CC)CNCCC(C)C. The van der Waals surface area contributed by atoms with E-state index in [0.717, 1.165) is 25.4 Å². The first kappa shape index (κ1) is 12.5. The Morgan fingerprint density at radius 2 is 2.08 bits per heavy atom. The van der Waals surface area contributed by atoms with E-state index in [1.807, 2.05) is 0 Å². The van der Waals surface area contributed by atoms with Crippen LogP contribution in [0.4, 0.5) is 0 Å². The Labute approximate surface area is 80.7 Å². The summed E-state index contributed by atoms with van der Waals surface area (Å²) in [5.74, 6) is 0.774. The Kier molecular flexibility index (Phi) is 6.22.